The molecule has 4 rings (SSSR count). The average molecular weight is 427 g/mol. The van der Waals surface area contributed by atoms with Gasteiger partial charge in [-0.05, 0) is 62.4 Å². The van der Waals surface area contributed by atoms with Crippen molar-refractivity contribution in [1.82, 2.24) is 14.8 Å². The lowest BCUT2D eigenvalue weighted by Crippen LogP contribution is -2.35. The number of aromatic nitrogens is 1. The highest BCUT2D eigenvalue weighted by molar-refractivity contribution is 6.33. The Kier molecular flexibility index (Phi) is 7.24. The van der Waals surface area contributed by atoms with Gasteiger partial charge in [-0.15, -0.1) is 0 Å². The van der Waals surface area contributed by atoms with Crippen molar-refractivity contribution in [2.45, 2.75) is 51.6 Å². The van der Waals surface area contributed by atoms with Gasteiger partial charge in [-0.1, -0.05) is 42.3 Å². The number of halogens is 1. The van der Waals surface area contributed by atoms with E-state index in [1.807, 2.05) is 4.90 Å². The van der Waals surface area contributed by atoms with Crippen LogP contribution in [0.3, 0.4) is 0 Å². The zero-order valence-electron chi connectivity index (χ0n) is 17.6. The molecule has 1 N–H and O–H groups in total. The van der Waals surface area contributed by atoms with Crippen LogP contribution in [0.1, 0.15) is 60.0 Å². The van der Waals surface area contributed by atoms with Crippen LogP contribution in [-0.4, -0.2) is 46.9 Å². The van der Waals surface area contributed by atoms with Gasteiger partial charge in [0.15, 0.2) is 0 Å². The number of carbonyl (C=O) groups is 1. The number of likely N-dealkylation sites (tertiary alicyclic amines) is 2. The molecular formula is C24H31ClN4O. The Labute approximate surface area is 184 Å². The molecule has 2 fully saturated rings. The normalized spacial score (nSPS) is 17.7. The maximum atomic E-state index is 12.6. The molecule has 0 atom stereocenters. The number of benzene rings is 1. The number of nitrogens with one attached hydrogen (secondary N) is 1. The molecule has 0 spiro atoms. The van der Waals surface area contributed by atoms with Crippen molar-refractivity contribution < 1.29 is 4.79 Å². The Balaban J connectivity index is 1.31. The Morgan fingerprint density at radius 1 is 0.933 bits per heavy atom. The SMILES string of the molecule is O=C(c1cnc(NCc2ccc(CN3CCCCC3)cc2)c(Cl)c1)N1CCCCC1. The summed E-state index contributed by atoms with van der Waals surface area (Å²) in [7, 11) is 0. The summed E-state index contributed by atoms with van der Waals surface area (Å²) in [5, 5.41) is 3.78. The highest BCUT2D eigenvalue weighted by Gasteiger charge is 2.19. The first kappa shape index (κ1) is 21.1. The predicted molar refractivity (Wildman–Crippen MR) is 122 cm³/mol. The second-order valence-electron chi connectivity index (χ2n) is 8.41. The van der Waals surface area contributed by atoms with Gasteiger partial charge in [-0.2, -0.15) is 0 Å². The molecule has 1 amide bonds. The number of anilines is 1. The van der Waals surface area contributed by atoms with Gasteiger partial charge < -0.3 is 10.2 Å². The van der Waals surface area contributed by atoms with Gasteiger partial charge >= 0.3 is 0 Å². The van der Waals surface area contributed by atoms with Crippen molar-refractivity contribution in [2.24, 2.45) is 0 Å². The lowest BCUT2D eigenvalue weighted by atomic mass is 10.1. The minimum atomic E-state index is 0.0277. The Bertz CT molecular complexity index is 843. The topological polar surface area (TPSA) is 48.5 Å². The molecule has 2 aliphatic heterocycles. The molecule has 1 aromatic heterocycles. The minimum Gasteiger partial charge on any atom is -0.365 e. The minimum absolute atomic E-state index is 0.0277. The van der Waals surface area contributed by atoms with Crippen molar-refractivity contribution in [3.8, 4) is 0 Å². The zero-order chi connectivity index (χ0) is 20.8. The molecule has 2 saturated heterocycles. The standard InChI is InChI=1S/C24H31ClN4O/c25-22-15-21(24(30)29-13-5-2-6-14-29)17-27-23(22)26-16-19-7-9-20(10-8-19)18-28-11-3-1-4-12-28/h7-10,15,17H,1-6,11-14,16,18H2,(H,26,27). The number of amides is 1. The van der Waals surface area contributed by atoms with E-state index in [4.69, 9.17) is 11.6 Å². The molecule has 0 aliphatic carbocycles. The molecule has 30 heavy (non-hydrogen) atoms. The van der Waals surface area contributed by atoms with Crippen LogP contribution < -0.4 is 5.32 Å². The lowest BCUT2D eigenvalue weighted by Gasteiger charge is -2.26. The third-order valence-electron chi connectivity index (χ3n) is 6.07. The van der Waals surface area contributed by atoms with Gasteiger partial charge in [-0.25, -0.2) is 4.98 Å². The van der Waals surface area contributed by atoms with E-state index in [9.17, 15) is 4.79 Å². The quantitative estimate of drug-likeness (QED) is 0.709. The first-order valence-electron chi connectivity index (χ1n) is 11.2. The predicted octanol–water partition coefficient (Wildman–Crippen LogP) is 4.96. The van der Waals surface area contributed by atoms with Gasteiger partial charge in [0, 0.05) is 32.4 Å². The zero-order valence-corrected chi connectivity index (χ0v) is 18.3. The van der Waals surface area contributed by atoms with E-state index in [1.54, 1.807) is 12.3 Å². The number of rotatable bonds is 6. The molecular weight excluding hydrogens is 396 g/mol. The summed E-state index contributed by atoms with van der Waals surface area (Å²) < 4.78 is 0. The summed E-state index contributed by atoms with van der Waals surface area (Å²) in [5.41, 5.74) is 3.11. The molecule has 0 radical (unpaired) electrons. The van der Waals surface area contributed by atoms with E-state index in [1.165, 1.54) is 49.9 Å². The fourth-order valence-corrected chi connectivity index (χ4v) is 4.52. The number of hydrogen-bond acceptors (Lipinski definition) is 4. The molecule has 0 saturated carbocycles. The molecule has 0 bridgehead atoms. The third kappa shape index (κ3) is 5.52. The summed E-state index contributed by atoms with van der Waals surface area (Å²) in [4.78, 5) is 21.5. The summed E-state index contributed by atoms with van der Waals surface area (Å²) in [6.07, 6.45) is 8.98. The van der Waals surface area contributed by atoms with E-state index in [0.29, 0.717) is 22.9 Å². The van der Waals surface area contributed by atoms with Crippen LogP contribution in [0.4, 0.5) is 5.82 Å². The number of hydrogen-bond donors (Lipinski definition) is 1. The number of nitrogens with zero attached hydrogens (tertiary/aromatic N) is 3. The van der Waals surface area contributed by atoms with E-state index in [-0.39, 0.29) is 5.91 Å². The Morgan fingerprint density at radius 3 is 2.23 bits per heavy atom. The van der Waals surface area contributed by atoms with E-state index in [2.05, 4.69) is 39.5 Å². The van der Waals surface area contributed by atoms with Crippen LogP contribution in [0.2, 0.25) is 5.02 Å². The van der Waals surface area contributed by atoms with E-state index in [0.717, 1.165) is 32.5 Å². The van der Waals surface area contributed by atoms with Crippen molar-refractivity contribution in [3.63, 3.8) is 0 Å². The lowest BCUT2D eigenvalue weighted by molar-refractivity contribution is 0.0724. The van der Waals surface area contributed by atoms with Crippen molar-refractivity contribution >= 4 is 23.3 Å². The van der Waals surface area contributed by atoms with Gasteiger partial charge in [-0.3, -0.25) is 9.69 Å². The van der Waals surface area contributed by atoms with Crippen molar-refractivity contribution in [2.75, 3.05) is 31.5 Å². The fraction of sp³-hybridized carbons (Fsp3) is 0.500. The second kappa shape index (κ2) is 10.3. The molecule has 2 aromatic rings. The Morgan fingerprint density at radius 2 is 1.57 bits per heavy atom. The van der Waals surface area contributed by atoms with E-state index < -0.39 is 0 Å². The molecule has 1 aromatic carbocycles. The molecule has 6 heteroatoms. The second-order valence-corrected chi connectivity index (χ2v) is 8.82. The van der Waals surface area contributed by atoms with Crippen LogP contribution in [0, 0.1) is 0 Å². The van der Waals surface area contributed by atoms with Gasteiger partial charge in [0.25, 0.3) is 5.91 Å². The average Bonchev–Trinajstić information content (AvgIpc) is 2.80. The van der Waals surface area contributed by atoms with Crippen molar-refractivity contribution in [1.29, 1.82) is 0 Å². The number of carbonyl (C=O) groups excluding carboxylic acids is 1. The highest BCUT2D eigenvalue weighted by Crippen LogP contribution is 2.23. The smallest absolute Gasteiger partial charge is 0.255 e. The van der Waals surface area contributed by atoms with Crippen molar-refractivity contribution in [3.05, 3.63) is 58.2 Å². The number of pyridine rings is 1. The van der Waals surface area contributed by atoms with Crippen LogP contribution >= 0.6 is 11.6 Å². The van der Waals surface area contributed by atoms with Crippen LogP contribution in [0.25, 0.3) is 0 Å². The monoisotopic (exact) mass is 426 g/mol. The summed E-state index contributed by atoms with van der Waals surface area (Å²) in [6.45, 7) is 5.76. The highest BCUT2D eigenvalue weighted by atomic mass is 35.5. The van der Waals surface area contributed by atoms with Gasteiger partial charge in [0.05, 0.1) is 10.6 Å². The first-order chi connectivity index (χ1) is 14.7. The molecule has 2 aliphatic rings. The molecule has 5 nitrogen and oxygen atoms in total. The summed E-state index contributed by atoms with van der Waals surface area (Å²) in [5.74, 6) is 0.643. The van der Waals surface area contributed by atoms with Crippen LogP contribution in [0.15, 0.2) is 36.5 Å². The third-order valence-corrected chi connectivity index (χ3v) is 6.36. The summed E-state index contributed by atoms with van der Waals surface area (Å²) in [6, 6.07) is 10.5. The maximum Gasteiger partial charge on any atom is 0.255 e. The molecule has 160 valence electrons. The van der Waals surface area contributed by atoms with Crippen LogP contribution in [0.5, 0.6) is 0 Å². The van der Waals surface area contributed by atoms with Gasteiger partial charge in [0.2, 0.25) is 0 Å². The molecule has 0 unspecified atom stereocenters. The van der Waals surface area contributed by atoms with Gasteiger partial charge in [0.1, 0.15) is 5.82 Å². The number of piperidine rings is 2. The maximum absolute atomic E-state index is 12.6. The Hall–Kier alpha value is -2.11. The van der Waals surface area contributed by atoms with E-state index >= 15 is 0 Å². The largest absolute Gasteiger partial charge is 0.365 e. The van der Waals surface area contributed by atoms with Crippen LogP contribution in [-0.2, 0) is 13.1 Å². The summed E-state index contributed by atoms with van der Waals surface area (Å²) >= 11 is 6.41. The first-order valence-corrected chi connectivity index (χ1v) is 11.6. The molecule has 3 heterocycles. The fourth-order valence-electron chi connectivity index (χ4n) is 4.29.